The van der Waals surface area contributed by atoms with Crippen LogP contribution in [0, 0.1) is 6.92 Å². The van der Waals surface area contributed by atoms with E-state index in [0.29, 0.717) is 6.04 Å². The van der Waals surface area contributed by atoms with Gasteiger partial charge in [0.15, 0.2) is 0 Å². The molecule has 1 unspecified atom stereocenters. The lowest BCUT2D eigenvalue weighted by Crippen LogP contribution is -2.07. The Hall–Kier alpha value is -0.990. The van der Waals surface area contributed by atoms with Gasteiger partial charge in [-0.1, -0.05) is 35.4 Å². The van der Waals surface area contributed by atoms with Crippen molar-refractivity contribution in [3.8, 4) is 0 Å². The standard InChI is InChI=1S/C16H15BrClN/c1-10-2-3-11-4-7-16(13(11)8-10)19-12-5-6-15(18)14(17)9-12/h2-3,5-6,8-9,16,19H,4,7H2,1H3. The number of halogens is 2. The van der Waals surface area contributed by atoms with Crippen LogP contribution in [0.3, 0.4) is 0 Å². The average Bonchev–Trinajstić information content (AvgIpc) is 2.77. The number of hydrogen-bond donors (Lipinski definition) is 1. The molecule has 98 valence electrons. The minimum atomic E-state index is 0.406. The zero-order chi connectivity index (χ0) is 13.4. The van der Waals surface area contributed by atoms with E-state index in [1.54, 1.807) is 0 Å². The average molecular weight is 337 g/mol. The maximum atomic E-state index is 6.02. The lowest BCUT2D eigenvalue weighted by atomic mass is 10.0. The third-order valence-electron chi connectivity index (χ3n) is 3.64. The van der Waals surface area contributed by atoms with Gasteiger partial charge >= 0.3 is 0 Å². The maximum Gasteiger partial charge on any atom is 0.0549 e. The van der Waals surface area contributed by atoms with E-state index < -0.39 is 0 Å². The number of nitrogens with one attached hydrogen (secondary N) is 1. The van der Waals surface area contributed by atoms with E-state index in [0.717, 1.165) is 28.0 Å². The second-order valence-corrected chi connectivity index (χ2v) is 6.33. The summed E-state index contributed by atoms with van der Waals surface area (Å²) in [6.45, 7) is 2.15. The third-order valence-corrected chi connectivity index (χ3v) is 4.85. The zero-order valence-corrected chi connectivity index (χ0v) is 13.1. The molecule has 0 spiro atoms. The van der Waals surface area contributed by atoms with E-state index in [2.05, 4.69) is 46.4 Å². The van der Waals surface area contributed by atoms with Crippen molar-refractivity contribution in [1.29, 1.82) is 0 Å². The van der Waals surface area contributed by atoms with Crippen molar-refractivity contribution in [1.82, 2.24) is 0 Å². The van der Waals surface area contributed by atoms with Crippen LogP contribution in [0.2, 0.25) is 5.02 Å². The molecule has 0 radical (unpaired) electrons. The fourth-order valence-electron chi connectivity index (χ4n) is 2.66. The van der Waals surface area contributed by atoms with Crippen LogP contribution in [0.1, 0.15) is 29.2 Å². The first kappa shape index (κ1) is 13.0. The van der Waals surface area contributed by atoms with Gasteiger partial charge in [-0.05, 0) is 65.0 Å². The van der Waals surface area contributed by atoms with Crippen molar-refractivity contribution < 1.29 is 0 Å². The molecule has 1 nitrogen and oxygen atoms in total. The number of aryl methyl sites for hydroxylation is 2. The van der Waals surface area contributed by atoms with Crippen LogP contribution >= 0.6 is 27.5 Å². The molecule has 0 aromatic heterocycles. The van der Waals surface area contributed by atoms with E-state index in [1.165, 1.54) is 16.7 Å². The van der Waals surface area contributed by atoms with Gasteiger partial charge in [0.05, 0.1) is 11.1 Å². The summed E-state index contributed by atoms with van der Waals surface area (Å²) in [4.78, 5) is 0. The molecule has 1 N–H and O–H groups in total. The molecule has 1 aliphatic carbocycles. The number of rotatable bonds is 2. The Labute approximate surface area is 127 Å². The Morgan fingerprint density at radius 3 is 2.84 bits per heavy atom. The summed E-state index contributed by atoms with van der Waals surface area (Å²) in [7, 11) is 0. The fraction of sp³-hybridized carbons (Fsp3) is 0.250. The summed E-state index contributed by atoms with van der Waals surface area (Å²) in [6, 6.07) is 13.1. The van der Waals surface area contributed by atoms with Crippen molar-refractivity contribution in [2.45, 2.75) is 25.8 Å². The molecule has 0 heterocycles. The first-order valence-corrected chi connectivity index (χ1v) is 7.61. The van der Waals surface area contributed by atoms with Gasteiger partial charge in [0.1, 0.15) is 0 Å². The van der Waals surface area contributed by atoms with Gasteiger partial charge in [0, 0.05) is 10.2 Å². The molecule has 2 aromatic carbocycles. The van der Waals surface area contributed by atoms with E-state index >= 15 is 0 Å². The summed E-state index contributed by atoms with van der Waals surface area (Å²) >= 11 is 9.49. The Morgan fingerprint density at radius 2 is 2.05 bits per heavy atom. The number of fused-ring (bicyclic) bond motifs is 1. The molecule has 3 rings (SSSR count). The fourth-order valence-corrected chi connectivity index (χ4v) is 3.16. The molecule has 1 atom stereocenters. The van der Waals surface area contributed by atoms with Crippen LogP contribution < -0.4 is 5.32 Å². The van der Waals surface area contributed by atoms with Crippen LogP contribution in [0.25, 0.3) is 0 Å². The van der Waals surface area contributed by atoms with Crippen LogP contribution in [0.15, 0.2) is 40.9 Å². The molecule has 0 saturated heterocycles. The second-order valence-electron chi connectivity index (χ2n) is 5.07. The molecule has 0 bridgehead atoms. The molecular weight excluding hydrogens is 322 g/mol. The number of hydrogen-bond acceptors (Lipinski definition) is 1. The summed E-state index contributed by atoms with van der Waals surface area (Å²) < 4.78 is 0.932. The molecule has 2 aromatic rings. The molecule has 19 heavy (non-hydrogen) atoms. The number of benzene rings is 2. The predicted molar refractivity (Wildman–Crippen MR) is 85.0 cm³/mol. The minimum Gasteiger partial charge on any atom is -0.378 e. The van der Waals surface area contributed by atoms with Gasteiger partial charge in [-0.3, -0.25) is 0 Å². The normalized spacial score (nSPS) is 17.3. The van der Waals surface area contributed by atoms with Gasteiger partial charge < -0.3 is 5.32 Å². The Balaban J connectivity index is 1.86. The van der Waals surface area contributed by atoms with Crippen LogP contribution in [-0.2, 0) is 6.42 Å². The van der Waals surface area contributed by atoms with Crippen molar-refractivity contribution in [3.05, 3.63) is 62.6 Å². The Morgan fingerprint density at radius 1 is 1.21 bits per heavy atom. The van der Waals surface area contributed by atoms with E-state index in [9.17, 15) is 0 Å². The molecule has 3 heteroatoms. The molecule has 0 saturated carbocycles. The highest BCUT2D eigenvalue weighted by Crippen LogP contribution is 2.35. The molecule has 0 aliphatic heterocycles. The van der Waals surface area contributed by atoms with Gasteiger partial charge in [-0.25, -0.2) is 0 Å². The highest BCUT2D eigenvalue weighted by atomic mass is 79.9. The molecule has 0 amide bonds. The lowest BCUT2D eigenvalue weighted by molar-refractivity contribution is 0.762. The van der Waals surface area contributed by atoms with E-state index in [-0.39, 0.29) is 0 Å². The van der Waals surface area contributed by atoms with Gasteiger partial charge in [0.25, 0.3) is 0 Å². The van der Waals surface area contributed by atoms with Crippen LogP contribution in [0.5, 0.6) is 0 Å². The third kappa shape index (κ3) is 2.65. The second kappa shape index (κ2) is 5.18. The van der Waals surface area contributed by atoms with Crippen molar-refractivity contribution in [2.24, 2.45) is 0 Å². The minimum absolute atomic E-state index is 0.406. The number of anilines is 1. The SMILES string of the molecule is Cc1ccc2c(c1)C(Nc1ccc(Cl)c(Br)c1)CC2. The monoisotopic (exact) mass is 335 g/mol. The molecular formula is C16H15BrClN. The summed E-state index contributed by atoms with van der Waals surface area (Å²) in [5.41, 5.74) is 5.34. The largest absolute Gasteiger partial charge is 0.378 e. The van der Waals surface area contributed by atoms with Crippen molar-refractivity contribution >= 4 is 33.2 Å². The van der Waals surface area contributed by atoms with Gasteiger partial charge in [-0.2, -0.15) is 0 Å². The first-order valence-electron chi connectivity index (χ1n) is 6.44. The molecule has 0 fully saturated rings. The highest BCUT2D eigenvalue weighted by Gasteiger charge is 2.22. The summed E-state index contributed by atoms with van der Waals surface area (Å²) in [5, 5.41) is 4.35. The maximum absolute atomic E-state index is 6.02. The van der Waals surface area contributed by atoms with Gasteiger partial charge in [-0.15, -0.1) is 0 Å². The first-order chi connectivity index (χ1) is 9.13. The van der Waals surface area contributed by atoms with E-state index in [1.807, 2.05) is 18.2 Å². The Kier molecular flexibility index (Phi) is 3.55. The van der Waals surface area contributed by atoms with Crippen LogP contribution in [0.4, 0.5) is 5.69 Å². The van der Waals surface area contributed by atoms with E-state index in [4.69, 9.17) is 11.6 Å². The topological polar surface area (TPSA) is 12.0 Å². The summed E-state index contributed by atoms with van der Waals surface area (Å²) in [6.07, 6.45) is 2.31. The Bertz CT molecular complexity index is 624. The quantitative estimate of drug-likeness (QED) is 0.762. The molecule has 1 aliphatic rings. The lowest BCUT2D eigenvalue weighted by Gasteiger charge is -2.16. The van der Waals surface area contributed by atoms with Crippen molar-refractivity contribution in [3.63, 3.8) is 0 Å². The van der Waals surface area contributed by atoms with Crippen molar-refractivity contribution in [2.75, 3.05) is 5.32 Å². The predicted octanol–water partition coefficient (Wildman–Crippen LogP) is 5.51. The summed E-state index contributed by atoms with van der Waals surface area (Å²) in [5.74, 6) is 0. The van der Waals surface area contributed by atoms with Crippen LogP contribution in [-0.4, -0.2) is 0 Å². The highest BCUT2D eigenvalue weighted by molar-refractivity contribution is 9.10. The smallest absolute Gasteiger partial charge is 0.0549 e. The van der Waals surface area contributed by atoms with Gasteiger partial charge in [0.2, 0.25) is 0 Å². The zero-order valence-electron chi connectivity index (χ0n) is 10.7.